The summed E-state index contributed by atoms with van der Waals surface area (Å²) in [5, 5.41) is 2.32. The molecule has 9 aromatic rings. The maximum Gasteiger partial charge on any atom is 0.135 e. The van der Waals surface area contributed by atoms with Gasteiger partial charge in [-0.3, -0.25) is 0 Å². The van der Waals surface area contributed by atoms with E-state index >= 15 is 0 Å². The van der Waals surface area contributed by atoms with Crippen LogP contribution in [0.5, 0.6) is 0 Å². The summed E-state index contributed by atoms with van der Waals surface area (Å²) in [4.78, 5) is 11.9. The third-order valence-electron chi connectivity index (χ3n) is 14.1. The van der Waals surface area contributed by atoms with E-state index in [2.05, 4.69) is 278 Å². The number of rotatable bonds is 8. The van der Waals surface area contributed by atoms with Crippen molar-refractivity contribution in [2.45, 2.75) is 90.9 Å². The van der Waals surface area contributed by atoms with E-state index < -0.39 is 5.41 Å². The molecule has 0 fully saturated rings. The van der Waals surface area contributed by atoms with Crippen molar-refractivity contribution in [3.8, 4) is 5.82 Å². The van der Waals surface area contributed by atoms with Gasteiger partial charge in [0.1, 0.15) is 5.82 Å². The molecule has 0 radical (unpaired) electrons. The summed E-state index contributed by atoms with van der Waals surface area (Å²) in [5.74, 6) is 0.851. The molecule has 5 nitrogen and oxygen atoms in total. The number of fused-ring (bicyclic) bond motifs is 4. The normalized spacial score (nSPS) is 13.2. The SMILES string of the molecule is CN(c1[c-]c(N2[CH-]N(c3cc(C(C)(C)C)cc(C(C)(C)C)c3)c3ccccc32)ccc1)c1[c-]c2c(cc1)c1cc(C(C)(C)C)ccc1n2-c1cc(C(C)(c2ccccc2)c2ccccc2)ccn1.[Pt]. The number of anilines is 6. The van der Waals surface area contributed by atoms with Crippen LogP contribution < -0.4 is 14.7 Å². The topological polar surface area (TPSA) is 27.5 Å². The number of benzene rings is 7. The van der Waals surface area contributed by atoms with Crippen LogP contribution in [0.15, 0.2) is 170 Å². The minimum atomic E-state index is -0.426. The molecule has 0 atom stereocenters. The van der Waals surface area contributed by atoms with Gasteiger partial charge in [-0.25, -0.2) is 4.98 Å². The van der Waals surface area contributed by atoms with Crippen LogP contribution >= 0.6 is 0 Å². The Labute approximate surface area is 424 Å². The summed E-state index contributed by atoms with van der Waals surface area (Å²) >= 11 is 0. The van der Waals surface area contributed by atoms with Crippen molar-refractivity contribution >= 4 is 55.9 Å². The first-order valence-electron chi connectivity index (χ1n) is 23.9. The molecule has 10 rings (SSSR count). The van der Waals surface area contributed by atoms with Gasteiger partial charge < -0.3 is 19.3 Å². The Morgan fingerprint density at radius 2 is 1.06 bits per heavy atom. The average molecular weight is 1080 g/mol. The molecule has 0 N–H and O–H groups in total. The summed E-state index contributed by atoms with van der Waals surface area (Å²) in [7, 11) is 2.11. The van der Waals surface area contributed by atoms with Crippen LogP contribution in [0.2, 0.25) is 0 Å². The van der Waals surface area contributed by atoms with Crippen LogP contribution in [0.1, 0.15) is 103 Å². The van der Waals surface area contributed by atoms with Gasteiger partial charge in [0.15, 0.2) is 0 Å². The second kappa shape index (κ2) is 17.8. The van der Waals surface area contributed by atoms with Crippen LogP contribution in [-0.4, -0.2) is 16.6 Å². The first-order valence-corrected chi connectivity index (χ1v) is 23.9. The Morgan fingerprint density at radius 3 is 1.67 bits per heavy atom. The fourth-order valence-electron chi connectivity index (χ4n) is 9.76. The summed E-state index contributed by atoms with van der Waals surface area (Å²) < 4.78 is 2.30. The van der Waals surface area contributed by atoms with Crippen molar-refractivity contribution in [1.82, 2.24) is 9.55 Å². The van der Waals surface area contributed by atoms with E-state index in [1.54, 1.807) is 0 Å². The van der Waals surface area contributed by atoms with Crippen LogP contribution in [0, 0.1) is 18.8 Å². The Kier molecular flexibility index (Phi) is 12.3. The molecule has 0 bridgehead atoms. The molecule has 69 heavy (non-hydrogen) atoms. The Hall–Kier alpha value is -6.42. The van der Waals surface area contributed by atoms with E-state index in [1.165, 1.54) is 33.2 Å². The van der Waals surface area contributed by atoms with Gasteiger partial charge in [0.2, 0.25) is 0 Å². The molecule has 0 unspecified atom stereocenters. The van der Waals surface area contributed by atoms with Gasteiger partial charge in [-0.1, -0.05) is 170 Å². The van der Waals surface area contributed by atoms with Crippen LogP contribution in [-0.2, 0) is 42.7 Å². The van der Waals surface area contributed by atoms with E-state index in [1.807, 2.05) is 6.20 Å². The van der Waals surface area contributed by atoms with Crippen LogP contribution in [0.25, 0.3) is 27.6 Å². The maximum absolute atomic E-state index is 5.13. The van der Waals surface area contributed by atoms with Crippen LogP contribution in [0.4, 0.5) is 34.1 Å². The summed E-state index contributed by atoms with van der Waals surface area (Å²) in [5.41, 5.74) is 15.4. The molecule has 1 aliphatic rings. The molecule has 7 aromatic carbocycles. The second-order valence-corrected chi connectivity index (χ2v) is 21.8. The van der Waals surface area contributed by atoms with Gasteiger partial charge in [0, 0.05) is 62.3 Å². The van der Waals surface area contributed by atoms with Crippen molar-refractivity contribution in [1.29, 1.82) is 0 Å². The molecular formula is C63H62N5Pt-3. The molecule has 0 saturated heterocycles. The number of pyridine rings is 1. The quantitative estimate of drug-likeness (QED) is 0.142. The van der Waals surface area contributed by atoms with Gasteiger partial charge in [-0.2, -0.15) is 12.1 Å². The molecule has 3 heterocycles. The number of aromatic nitrogens is 2. The number of para-hydroxylation sites is 2. The third kappa shape index (κ3) is 8.69. The van der Waals surface area contributed by atoms with Gasteiger partial charge >= 0.3 is 0 Å². The predicted molar refractivity (Wildman–Crippen MR) is 287 cm³/mol. The van der Waals surface area contributed by atoms with E-state index in [0.717, 1.165) is 61.9 Å². The van der Waals surface area contributed by atoms with Crippen molar-refractivity contribution < 1.29 is 21.1 Å². The third-order valence-corrected chi connectivity index (χ3v) is 14.1. The largest absolute Gasteiger partial charge is 0.493 e. The number of nitrogens with zero attached hydrogens (tertiary/aromatic N) is 5. The van der Waals surface area contributed by atoms with E-state index in [4.69, 9.17) is 4.98 Å². The number of hydrogen-bond acceptors (Lipinski definition) is 4. The number of hydrogen-bond donors (Lipinski definition) is 0. The summed E-state index contributed by atoms with van der Waals surface area (Å²) in [6, 6.07) is 67.3. The fourth-order valence-corrected chi connectivity index (χ4v) is 9.76. The maximum atomic E-state index is 5.13. The summed E-state index contributed by atoms with van der Waals surface area (Å²) in [6.07, 6.45) is 1.96. The molecule has 2 aromatic heterocycles. The molecule has 352 valence electrons. The minimum absolute atomic E-state index is 0. The van der Waals surface area contributed by atoms with Gasteiger partial charge in [-0.15, -0.1) is 48.1 Å². The fraction of sp³-hybridized carbons (Fsp3) is 0.238. The van der Waals surface area contributed by atoms with Crippen molar-refractivity contribution in [2.75, 3.05) is 21.7 Å². The van der Waals surface area contributed by atoms with E-state index in [0.29, 0.717) is 0 Å². The van der Waals surface area contributed by atoms with E-state index in [9.17, 15) is 0 Å². The second-order valence-electron chi connectivity index (χ2n) is 21.8. The Balaban J connectivity index is 0.00000593. The molecule has 0 saturated carbocycles. The van der Waals surface area contributed by atoms with Crippen molar-refractivity contribution in [3.05, 3.63) is 222 Å². The summed E-state index contributed by atoms with van der Waals surface area (Å²) in [6.45, 7) is 25.2. The van der Waals surface area contributed by atoms with Gasteiger partial charge in [0.25, 0.3) is 0 Å². The molecule has 0 aliphatic carbocycles. The molecule has 0 spiro atoms. The van der Waals surface area contributed by atoms with Crippen LogP contribution in [0.3, 0.4) is 0 Å². The Morgan fingerprint density at radius 1 is 0.478 bits per heavy atom. The van der Waals surface area contributed by atoms with E-state index in [-0.39, 0.29) is 37.3 Å². The average Bonchev–Trinajstić information content (AvgIpc) is 3.89. The predicted octanol–water partition coefficient (Wildman–Crippen LogP) is 16.2. The Bertz CT molecular complexity index is 3240. The van der Waals surface area contributed by atoms with Crippen molar-refractivity contribution in [3.63, 3.8) is 0 Å². The monoisotopic (exact) mass is 1080 g/mol. The molecule has 0 amide bonds. The first-order chi connectivity index (χ1) is 32.4. The molecule has 1 aliphatic heterocycles. The first kappa shape index (κ1) is 47.6. The van der Waals surface area contributed by atoms with Gasteiger partial charge in [0.05, 0.1) is 0 Å². The zero-order chi connectivity index (χ0) is 47.8. The minimum Gasteiger partial charge on any atom is -0.493 e. The zero-order valence-electron chi connectivity index (χ0n) is 41.8. The zero-order valence-corrected chi connectivity index (χ0v) is 44.1. The standard InChI is InChI=1S/C63H62N5.Pt/c1-60(2,3)45-29-32-55-54(38-45)53-31-30-50(41-58(53)68(55)59-39-46(33-34-64-59)63(10,43-21-14-12-15-22-43)44-23-16-13-17-24-44)65(11)49-25-20-26-51(40-49)66-42-67(57-28-19-18-27-56(57)66)52-36-47(61(4,5)6)35-48(37-52)62(7,8)9;/h12-39,42H,1-11H3;/q-3;. The molecular weight excluding hydrogens is 1020 g/mol. The van der Waals surface area contributed by atoms with Crippen molar-refractivity contribution in [2.24, 2.45) is 0 Å². The smallest absolute Gasteiger partial charge is 0.135 e. The van der Waals surface area contributed by atoms with Gasteiger partial charge in [-0.05, 0) is 104 Å². The molecule has 6 heteroatoms.